The van der Waals surface area contributed by atoms with Gasteiger partial charge in [-0.3, -0.25) is 4.79 Å². The van der Waals surface area contributed by atoms with Gasteiger partial charge in [0.25, 0.3) is 0 Å². The molecule has 102 valence electrons. The molecule has 0 atom stereocenters. The maximum absolute atomic E-state index is 11.5. The normalized spacial score (nSPS) is 10.0. The number of aromatic nitrogens is 2. The summed E-state index contributed by atoms with van der Waals surface area (Å²) in [6.07, 6.45) is 4.36. The Morgan fingerprint density at radius 3 is 2.63 bits per heavy atom. The third kappa shape index (κ3) is 3.68. The van der Waals surface area contributed by atoms with Gasteiger partial charge in [0.05, 0.1) is 12.2 Å². The molecular formula is C15H21N3O. The van der Waals surface area contributed by atoms with Crippen molar-refractivity contribution in [1.82, 2.24) is 14.9 Å². The van der Waals surface area contributed by atoms with Crippen molar-refractivity contribution in [2.45, 2.75) is 33.4 Å². The third-order valence-electron chi connectivity index (χ3n) is 2.84. The highest BCUT2D eigenvalue weighted by Crippen LogP contribution is 2.12. The lowest BCUT2D eigenvalue weighted by Gasteiger charge is -2.08. The first-order valence-electron chi connectivity index (χ1n) is 6.21. The smallest absolute Gasteiger partial charge is 0.246 e. The highest BCUT2D eigenvalue weighted by molar-refractivity contribution is 5.91. The molecule has 1 aromatic heterocycles. The van der Waals surface area contributed by atoms with E-state index < -0.39 is 0 Å². The highest BCUT2D eigenvalue weighted by Gasteiger charge is 2.12. The molecule has 0 radical (unpaired) electrons. The van der Waals surface area contributed by atoms with E-state index in [1.54, 1.807) is 6.92 Å². The van der Waals surface area contributed by atoms with Crippen molar-refractivity contribution in [3.63, 3.8) is 0 Å². The van der Waals surface area contributed by atoms with Crippen LogP contribution in [0.15, 0.2) is 37.5 Å². The van der Waals surface area contributed by atoms with Crippen LogP contribution in [0, 0.1) is 6.92 Å². The molecule has 0 aromatic carbocycles. The number of amides is 1. The number of hydrogen-bond acceptors (Lipinski definition) is 2. The Bertz CT molecular complexity index is 512. The van der Waals surface area contributed by atoms with E-state index in [2.05, 4.69) is 30.0 Å². The van der Waals surface area contributed by atoms with Crippen molar-refractivity contribution in [2.24, 2.45) is 0 Å². The number of allylic oxidation sites excluding steroid dienone is 2. The average Bonchev–Trinajstić information content (AvgIpc) is 2.65. The number of imidazole rings is 1. The second-order valence-corrected chi connectivity index (χ2v) is 4.42. The monoisotopic (exact) mass is 259 g/mol. The van der Waals surface area contributed by atoms with Crippen LogP contribution >= 0.6 is 0 Å². The molecule has 1 N–H and O–H groups in total. The van der Waals surface area contributed by atoms with Gasteiger partial charge in [0.2, 0.25) is 5.91 Å². The van der Waals surface area contributed by atoms with Gasteiger partial charge in [-0.15, -0.1) is 13.2 Å². The van der Waals surface area contributed by atoms with Crippen LogP contribution in [0.1, 0.15) is 24.1 Å². The summed E-state index contributed by atoms with van der Waals surface area (Å²) < 4.78 is 2.05. The summed E-state index contributed by atoms with van der Waals surface area (Å²) in [5, 5.41) is 2.80. The number of carbonyl (C=O) groups excluding carboxylic acids is 1. The van der Waals surface area contributed by atoms with Crippen LogP contribution in [0.5, 0.6) is 0 Å². The lowest BCUT2D eigenvalue weighted by atomic mass is 10.2. The standard InChI is InChI=1S/C15H21N3O/c1-6-8-13-12(5)18(9-7-2)14(17-13)10-16-15(19)11(3)4/h6-7H,1-3,8-10H2,4-5H3,(H,16,19). The summed E-state index contributed by atoms with van der Waals surface area (Å²) in [4.78, 5) is 16.1. The number of hydrogen-bond donors (Lipinski definition) is 1. The molecule has 0 aliphatic carbocycles. The van der Waals surface area contributed by atoms with Gasteiger partial charge in [-0.25, -0.2) is 4.98 Å². The van der Waals surface area contributed by atoms with E-state index >= 15 is 0 Å². The van der Waals surface area contributed by atoms with Gasteiger partial charge in [-0.1, -0.05) is 18.7 Å². The van der Waals surface area contributed by atoms with Crippen LogP contribution in [0.4, 0.5) is 0 Å². The van der Waals surface area contributed by atoms with Gasteiger partial charge in [0.15, 0.2) is 0 Å². The lowest BCUT2D eigenvalue weighted by Crippen LogP contribution is -2.25. The summed E-state index contributed by atoms with van der Waals surface area (Å²) in [6.45, 7) is 15.8. The minimum atomic E-state index is -0.156. The van der Waals surface area contributed by atoms with Crippen molar-refractivity contribution in [1.29, 1.82) is 0 Å². The summed E-state index contributed by atoms with van der Waals surface area (Å²) in [5.74, 6) is 0.667. The number of nitrogens with zero attached hydrogens (tertiary/aromatic N) is 2. The van der Waals surface area contributed by atoms with Crippen molar-refractivity contribution >= 4 is 5.91 Å². The Balaban J connectivity index is 2.94. The van der Waals surface area contributed by atoms with Gasteiger partial charge in [-0.2, -0.15) is 0 Å². The van der Waals surface area contributed by atoms with E-state index in [1.165, 1.54) is 0 Å². The molecule has 0 aliphatic heterocycles. The fraction of sp³-hybridized carbons (Fsp3) is 0.333. The fourth-order valence-corrected chi connectivity index (χ4v) is 1.79. The first-order valence-corrected chi connectivity index (χ1v) is 6.21. The molecule has 0 fully saturated rings. The molecule has 4 nitrogen and oxygen atoms in total. The average molecular weight is 259 g/mol. The zero-order valence-electron chi connectivity index (χ0n) is 11.7. The minimum absolute atomic E-state index is 0.156. The largest absolute Gasteiger partial charge is 0.345 e. The zero-order chi connectivity index (χ0) is 14.4. The number of nitrogens with one attached hydrogen (secondary N) is 1. The van der Waals surface area contributed by atoms with Gasteiger partial charge < -0.3 is 9.88 Å². The molecule has 1 heterocycles. The molecule has 1 aromatic rings. The third-order valence-corrected chi connectivity index (χ3v) is 2.84. The van der Waals surface area contributed by atoms with Gasteiger partial charge in [-0.05, 0) is 13.8 Å². The van der Waals surface area contributed by atoms with E-state index in [0.29, 0.717) is 18.7 Å². The van der Waals surface area contributed by atoms with E-state index in [-0.39, 0.29) is 5.91 Å². The van der Waals surface area contributed by atoms with E-state index in [9.17, 15) is 4.79 Å². The molecule has 4 heteroatoms. The zero-order valence-corrected chi connectivity index (χ0v) is 11.7. The minimum Gasteiger partial charge on any atom is -0.345 e. The van der Waals surface area contributed by atoms with Crippen molar-refractivity contribution in [3.8, 4) is 0 Å². The van der Waals surface area contributed by atoms with Gasteiger partial charge in [0, 0.05) is 24.2 Å². The fourth-order valence-electron chi connectivity index (χ4n) is 1.79. The lowest BCUT2D eigenvalue weighted by molar-refractivity contribution is -0.117. The number of rotatable bonds is 7. The molecule has 0 spiro atoms. The Kier molecular flexibility index (Phi) is 5.30. The Labute approximate surface area is 114 Å². The first kappa shape index (κ1) is 15.0. The predicted molar refractivity (Wildman–Crippen MR) is 77.7 cm³/mol. The summed E-state index contributed by atoms with van der Waals surface area (Å²) in [5.41, 5.74) is 2.56. The van der Waals surface area contributed by atoms with E-state index in [4.69, 9.17) is 0 Å². The van der Waals surface area contributed by atoms with E-state index in [0.717, 1.165) is 23.6 Å². The van der Waals surface area contributed by atoms with Gasteiger partial charge >= 0.3 is 0 Å². The van der Waals surface area contributed by atoms with Crippen LogP contribution in [-0.4, -0.2) is 15.5 Å². The maximum atomic E-state index is 11.5. The molecule has 0 unspecified atom stereocenters. The Morgan fingerprint density at radius 2 is 2.11 bits per heavy atom. The SMILES string of the molecule is C=CCc1nc(CNC(=O)C(=C)C)n(CC=C)c1C. The van der Waals surface area contributed by atoms with Crippen molar-refractivity contribution < 1.29 is 4.79 Å². The van der Waals surface area contributed by atoms with Crippen molar-refractivity contribution in [2.75, 3.05) is 0 Å². The molecule has 0 saturated carbocycles. The molecular weight excluding hydrogens is 238 g/mol. The number of carbonyl (C=O) groups is 1. The summed E-state index contributed by atoms with van der Waals surface area (Å²) in [6, 6.07) is 0. The second-order valence-electron chi connectivity index (χ2n) is 4.42. The topological polar surface area (TPSA) is 46.9 Å². The van der Waals surface area contributed by atoms with Crippen LogP contribution in [-0.2, 0) is 24.3 Å². The van der Waals surface area contributed by atoms with Crippen LogP contribution in [0.3, 0.4) is 0 Å². The maximum Gasteiger partial charge on any atom is 0.246 e. The predicted octanol–water partition coefficient (Wildman–Crippen LogP) is 2.30. The van der Waals surface area contributed by atoms with E-state index in [1.807, 2.05) is 23.6 Å². The highest BCUT2D eigenvalue weighted by atomic mass is 16.1. The van der Waals surface area contributed by atoms with Crippen LogP contribution < -0.4 is 5.32 Å². The molecule has 0 bridgehead atoms. The molecule has 0 aliphatic rings. The Hall–Kier alpha value is -2.10. The van der Waals surface area contributed by atoms with Gasteiger partial charge in [0.1, 0.15) is 5.82 Å². The summed E-state index contributed by atoms with van der Waals surface area (Å²) >= 11 is 0. The molecule has 1 amide bonds. The summed E-state index contributed by atoms with van der Waals surface area (Å²) in [7, 11) is 0. The second kappa shape index (κ2) is 6.73. The molecule has 0 saturated heterocycles. The van der Waals surface area contributed by atoms with Crippen LogP contribution in [0.25, 0.3) is 0 Å². The molecule has 19 heavy (non-hydrogen) atoms. The van der Waals surface area contributed by atoms with Crippen molar-refractivity contribution in [3.05, 3.63) is 54.7 Å². The quantitative estimate of drug-likeness (QED) is 0.603. The molecule has 1 rings (SSSR count). The first-order chi connectivity index (χ1) is 9.01. The van der Waals surface area contributed by atoms with Crippen LogP contribution in [0.2, 0.25) is 0 Å². The Morgan fingerprint density at radius 1 is 1.42 bits per heavy atom.